The first kappa shape index (κ1) is 15.7. The number of aryl methyl sites for hydroxylation is 2. The third kappa shape index (κ3) is 2.96. The molecule has 0 fully saturated rings. The number of nitrogens with zero attached hydrogens (tertiary/aromatic N) is 4. The second-order valence-electron chi connectivity index (χ2n) is 5.26. The zero-order chi connectivity index (χ0) is 17.3. The van der Waals surface area contributed by atoms with Gasteiger partial charge in [-0.05, 0) is 37.1 Å². The molecule has 9 nitrogen and oxygen atoms in total. The number of ether oxygens (including phenoxy) is 1. The van der Waals surface area contributed by atoms with E-state index in [9.17, 15) is 14.7 Å². The summed E-state index contributed by atoms with van der Waals surface area (Å²) in [4.78, 5) is 22.9. The highest BCUT2D eigenvalue weighted by molar-refractivity contribution is 5.89. The maximum Gasteiger partial charge on any atom is 0.340 e. The molecule has 24 heavy (non-hydrogen) atoms. The summed E-state index contributed by atoms with van der Waals surface area (Å²) in [6, 6.07) is 3.43. The van der Waals surface area contributed by atoms with Crippen LogP contribution in [-0.2, 0) is 17.8 Å². The number of carbonyl (C=O) groups is 1. The summed E-state index contributed by atoms with van der Waals surface area (Å²) in [5.41, 5.74) is 0.930. The van der Waals surface area contributed by atoms with E-state index in [0.717, 1.165) is 5.56 Å². The van der Waals surface area contributed by atoms with Crippen molar-refractivity contribution in [2.24, 2.45) is 0 Å². The Balaban J connectivity index is 2.13. The average Bonchev–Trinajstić information content (AvgIpc) is 3.01. The predicted molar refractivity (Wildman–Crippen MR) is 78.1 cm³/mol. The number of aliphatic carboxylic acids is 1. The fourth-order valence-electron chi connectivity index (χ4n) is 2.46. The van der Waals surface area contributed by atoms with Gasteiger partial charge in [0, 0.05) is 23.8 Å². The van der Waals surface area contributed by atoms with Gasteiger partial charge in [0.25, 0.3) is 0 Å². The van der Waals surface area contributed by atoms with Crippen molar-refractivity contribution in [2.75, 3.05) is 0 Å². The van der Waals surface area contributed by atoms with Crippen LogP contribution in [-0.4, -0.2) is 21.5 Å². The van der Waals surface area contributed by atoms with E-state index in [1.807, 2.05) is 6.92 Å². The van der Waals surface area contributed by atoms with Crippen LogP contribution in [0.5, 0.6) is 5.75 Å². The minimum absolute atomic E-state index is 0.0277. The van der Waals surface area contributed by atoms with Crippen molar-refractivity contribution in [3.05, 3.63) is 45.1 Å². The highest BCUT2D eigenvalue weighted by Gasteiger charge is 2.16. The first-order chi connectivity index (χ1) is 11.5. The Hall–Kier alpha value is -3.23. The number of hydrogen-bond acceptors (Lipinski definition) is 8. The zero-order valence-electron chi connectivity index (χ0n) is 12.9. The van der Waals surface area contributed by atoms with Crippen molar-refractivity contribution in [1.82, 2.24) is 20.6 Å². The Morgan fingerprint density at radius 2 is 2.17 bits per heavy atom. The number of aromatic nitrogens is 4. The van der Waals surface area contributed by atoms with Crippen LogP contribution in [0.4, 0.5) is 0 Å². The maximum absolute atomic E-state index is 12.0. The van der Waals surface area contributed by atoms with Crippen LogP contribution in [0.2, 0.25) is 0 Å². The minimum Gasteiger partial charge on any atom is -0.550 e. The fourth-order valence-corrected chi connectivity index (χ4v) is 2.46. The van der Waals surface area contributed by atoms with Gasteiger partial charge >= 0.3 is 5.63 Å². The molecule has 2 heterocycles. The van der Waals surface area contributed by atoms with Gasteiger partial charge in [-0.1, -0.05) is 0 Å². The van der Waals surface area contributed by atoms with Crippen molar-refractivity contribution >= 4 is 16.9 Å². The van der Waals surface area contributed by atoms with Gasteiger partial charge < -0.3 is 24.2 Å². The summed E-state index contributed by atoms with van der Waals surface area (Å²) in [5.74, 6) is -0.632. The van der Waals surface area contributed by atoms with E-state index in [2.05, 4.69) is 20.6 Å². The lowest BCUT2D eigenvalue weighted by atomic mass is 10.0. The Kier molecular flexibility index (Phi) is 3.98. The average molecular weight is 328 g/mol. The van der Waals surface area contributed by atoms with Crippen LogP contribution >= 0.6 is 0 Å². The van der Waals surface area contributed by atoms with Gasteiger partial charge in [0.15, 0.2) is 0 Å². The fraction of sp³-hybridized carbons (Fsp3) is 0.267. The van der Waals surface area contributed by atoms with Crippen LogP contribution in [0.3, 0.4) is 0 Å². The van der Waals surface area contributed by atoms with Crippen molar-refractivity contribution in [3.63, 3.8) is 0 Å². The Morgan fingerprint density at radius 1 is 1.38 bits per heavy atom. The molecular weight excluding hydrogens is 316 g/mol. The second-order valence-corrected chi connectivity index (χ2v) is 5.26. The molecule has 0 bridgehead atoms. The lowest BCUT2D eigenvalue weighted by molar-refractivity contribution is -0.304. The number of hydrogen-bond donors (Lipinski definition) is 0. The van der Waals surface area contributed by atoms with Crippen molar-refractivity contribution < 1.29 is 19.1 Å². The maximum atomic E-state index is 12.0. The van der Waals surface area contributed by atoms with Crippen LogP contribution < -0.4 is 20.6 Å². The number of carbonyl (C=O) groups excluding carboxylic acids is 1. The number of benzene rings is 1. The van der Waals surface area contributed by atoms with Gasteiger partial charge in [0.1, 0.15) is 17.9 Å². The molecule has 0 atom stereocenters. The molecule has 0 N–H and O–H groups in total. The molecule has 0 radical (unpaired) electrons. The monoisotopic (exact) mass is 328 g/mol. The summed E-state index contributed by atoms with van der Waals surface area (Å²) < 4.78 is 10.9. The molecule has 3 aromatic rings. The van der Waals surface area contributed by atoms with Gasteiger partial charge in [0.2, 0.25) is 0 Å². The molecule has 3 rings (SSSR count). The summed E-state index contributed by atoms with van der Waals surface area (Å²) in [6.07, 6.45) is -0.531. The van der Waals surface area contributed by atoms with E-state index in [4.69, 9.17) is 9.15 Å². The molecule has 0 aliphatic heterocycles. The summed E-state index contributed by atoms with van der Waals surface area (Å²) >= 11 is 0. The van der Waals surface area contributed by atoms with Gasteiger partial charge in [-0.15, -0.1) is 0 Å². The Morgan fingerprint density at radius 3 is 2.83 bits per heavy atom. The van der Waals surface area contributed by atoms with Crippen molar-refractivity contribution in [3.8, 4) is 5.75 Å². The molecule has 0 amide bonds. The van der Waals surface area contributed by atoms with E-state index in [-0.39, 0.29) is 12.2 Å². The largest absolute Gasteiger partial charge is 0.550 e. The number of carboxylic acid groups (broad SMARTS) is 1. The third-order valence-corrected chi connectivity index (χ3v) is 3.53. The van der Waals surface area contributed by atoms with Gasteiger partial charge in [-0.3, -0.25) is 10.3 Å². The molecule has 124 valence electrons. The molecule has 2 aromatic heterocycles. The quantitative estimate of drug-likeness (QED) is 0.564. The highest BCUT2D eigenvalue weighted by Crippen LogP contribution is 2.31. The topological polar surface area (TPSA) is 132 Å². The molecule has 9 heteroatoms. The molecule has 0 aliphatic carbocycles. The number of fused-ring (bicyclic) bond motifs is 1. The van der Waals surface area contributed by atoms with Crippen molar-refractivity contribution in [1.29, 1.82) is 0 Å². The first-order valence-corrected chi connectivity index (χ1v) is 7.03. The lowest BCUT2D eigenvalue weighted by Gasteiger charge is -2.14. The molecule has 0 unspecified atom stereocenters. The summed E-state index contributed by atoms with van der Waals surface area (Å²) in [7, 11) is 0. The first-order valence-electron chi connectivity index (χ1n) is 7.03. The highest BCUT2D eigenvalue weighted by atomic mass is 16.5. The SMILES string of the molecule is Cc1cc(OCc2nnn[n-]2)c2c(C)c(CC(=O)[O-])c(=O)oc2c1. The second kappa shape index (κ2) is 6.11. The van der Waals surface area contributed by atoms with E-state index in [0.29, 0.717) is 28.1 Å². The van der Waals surface area contributed by atoms with Crippen molar-refractivity contribution in [2.45, 2.75) is 26.9 Å². The minimum atomic E-state index is -1.36. The number of tetrazole rings is 1. The van der Waals surface area contributed by atoms with Crippen LogP contribution in [0, 0.1) is 13.8 Å². The predicted octanol–water partition coefficient (Wildman–Crippen LogP) is -0.577. The van der Waals surface area contributed by atoms with Crippen LogP contribution in [0.25, 0.3) is 11.0 Å². The molecule has 0 spiro atoms. The molecular formula is C15H12N4O5-2. The Bertz CT molecular complexity index is 962. The van der Waals surface area contributed by atoms with Gasteiger partial charge in [-0.25, -0.2) is 4.79 Å². The molecule has 0 saturated carbocycles. The molecule has 0 saturated heterocycles. The van der Waals surface area contributed by atoms with Crippen LogP contribution in [0.1, 0.15) is 22.5 Å². The smallest absolute Gasteiger partial charge is 0.340 e. The van der Waals surface area contributed by atoms with E-state index in [1.54, 1.807) is 19.1 Å². The molecule has 1 aromatic carbocycles. The normalized spacial score (nSPS) is 10.9. The van der Waals surface area contributed by atoms with Crippen LogP contribution in [0.15, 0.2) is 21.3 Å². The number of carboxylic acids is 1. The molecule has 0 aliphatic rings. The van der Waals surface area contributed by atoms with Gasteiger partial charge in [0.05, 0.1) is 5.39 Å². The van der Waals surface area contributed by atoms with E-state index in [1.165, 1.54) is 0 Å². The summed E-state index contributed by atoms with van der Waals surface area (Å²) in [5, 5.41) is 25.5. The third-order valence-electron chi connectivity index (χ3n) is 3.53. The lowest BCUT2D eigenvalue weighted by Crippen LogP contribution is -2.27. The summed E-state index contributed by atoms with van der Waals surface area (Å²) in [6.45, 7) is 3.49. The Labute approximate surface area is 135 Å². The van der Waals surface area contributed by atoms with Gasteiger partial charge in [-0.2, -0.15) is 5.21 Å². The number of rotatable bonds is 5. The van der Waals surface area contributed by atoms with E-state index < -0.39 is 18.0 Å². The zero-order valence-corrected chi connectivity index (χ0v) is 12.9. The standard InChI is InChI=1S/C15H14N4O5/c1-7-3-10(23-6-12-16-18-19-17-12)14-8(2)9(5-13(20)21)15(22)24-11(14)4-7/h3-4H,5-6H2,1-2H3,(H2,16,17,18,19,20,21)/p-2. The van der Waals surface area contributed by atoms with E-state index >= 15 is 0 Å².